The van der Waals surface area contributed by atoms with Gasteiger partial charge in [-0.3, -0.25) is 10.1 Å². The molecule has 0 saturated heterocycles. The Morgan fingerprint density at radius 2 is 1.67 bits per heavy atom. The van der Waals surface area contributed by atoms with E-state index < -0.39 is 10.9 Å². The molecule has 0 spiro atoms. The van der Waals surface area contributed by atoms with Crippen LogP contribution in [-0.2, 0) is 4.74 Å². The van der Waals surface area contributed by atoms with Gasteiger partial charge in [0.25, 0.3) is 0 Å². The van der Waals surface area contributed by atoms with E-state index in [9.17, 15) is 14.9 Å². The van der Waals surface area contributed by atoms with Crippen LogP contribution in [0.5, 0.6) is 0 Å². The number of esters is 1. The molecule has 0 atom stereocenters. The highest BCUT2D eigenvalue weighted by molar-refractivity contribution is 6.07. The lowest BCUT2D eigenvalue weighted by Crippen LogP contribution is -2.04. The molecule has 21 heavy (non-hydrogen) atoms. The molecule has 3 rings (SSSR count). The van der Waals surface area contributed by atoms with Crippen molar-refractivity contribution in [1.29, 1.82) is 0 Å². The van der Waals surface area contributed by atoms with Gasteiger partial charge in [-0.2, -0.15) is 0 Å². The van der Waals surface area contributed by atoms with E-state index in [0.717, 1.165) is 5.56 Å². The third-order valence-electron chi connectivity index (χ3n) is 3.38. The first kappa shape index (κ1) is 13.1. The summed E-state index contributed by atoms with van der Waals surface area (Å²) in [6, 6.07) is 13.6. The molecule has 1 aliphatic rings. The molecule has 5 heteroatoms. The average molecular weight is 281 g/mol. The van der Waals surface area contributed by atoms with Gasteiger partial charge in [0.1, 0.15) is 0 Å². The predicted octanol–water partition coefficient (Wildman–Crippen LogP) is 3.27. The zero-order valence-corrected chi connectivity index (χ0v) is 11.2. The third kappa shape index (κ3) is 2.08. The summed E-state index contributed by atoms with van der Waals surface area (Å²) in [7, 11) is 0. The maximum Gasteiger partial charge on any atom is 0.344 e. The highest BCUT2D eigenvalue weighted by atomic mass is 16.6. The van der Waals surface area contributed by atoms with Crippen LogP contribution in [0.1, 0.15) is 27.0 Å². The fourth-order valence-electron chi connectivity index (χ4n) is 2.38. The molecule has 0 aromatic heterocycles. The first-order valence-corrected chi connectivity index (χ1v) is 6.36. The van der Waals surface area contributed by atoms with Gasteiger partial charge >= 0.3 is 11.7 Å². The van der Waals surface area contributed by atoms with Gasteiger partial charge in [-0.25, -0.2) is 4.79 Å². The molecule has 2 aromatic rings. The van der Waals surface area contributed by atoms with Crippen LogP contribution in [0.4, 0.5) is 0 Å². The smallest absolute Gasteiger partial charge is 0.344 e. The maximum atomic E-state index is 11.8. The normalized spacial score (nSPS) is 15.4. The number of benzene rings is 2. The van der Waals surface area contributed by atoms with Crippen LogP contribution in [0, 0.1) is 17.0 Å². The molecule has 5 nitrogen and oxygen atoms in total. The molecule has 0 amide bonds. The minimum absolute atomic E-state index is 0.00917. The number of hydrogen-bond donors (Lipinski definition) is 0. The number of hydrogen-bond acceptors (Lipinski definition) is 4. The van der Waals surface area contributed by atoms with Gasteiger partial charge < -0.3 is 4.74 Å². The van der Waals surface area contributed by atoms with E-state index in [0.29, 0.717) is 16.7 Å². The topological polar surface area (TPSA) is 69.4 Å². The number of aryl methyl sites for hydroxylation is 1. The summed E-state index contributed by atoms with van der Waals surface area (Å²) < 4.78 is 5.16. The van der Waals surface area contributed by atoms with Gasteiger partial charge in [-0.1, -0.05) is 36.4 Å². The Labute approximate surface area is 120 Å². The van der Waals surface area contributed by atoms with Crippen LogP contribution >= 0.6 is 0 Å². The fourth-order valence-corrected chi connectivity index (χ4v) is 2.38. The van der Waals surface area contributed by atoms with Crippen LogP contribution in [0.25, 0.3) is 11.5 Å². The summed E-state index contributed by atoms with van der Waals surface area (Å²) in [6.07, 6.45) is 0. The molecule has 0 aliphatic carbocycles. The number of nitro groups is 1. The number of fused-ring (bicyclic) bond motifs is 1. The Kier molecular flexibility index (Phi) is 3.02. The van der Waals surface area contributed by atoms with Gasteiger partial charge in [0.2, 0.25) is 5.76 Å². The molecular formula is C16H11NO4. The molecule has 0 fully saturated rings. The molecule has 0 unspecified atom stereocenters. The van der Waals surface area contributed by atoms with E-state index in [2.05, 4.69) is 0 Å². The van der Waals surface area contributed by atoms with E-state index in [1.54, 1.807) is 55.5 Å². The minimum Gasteiger partial charge on any atom is -0.415 e. The van der Waals surface area contributed by atoms with Crippen LogP contribution in [0.3, 0.4) is 0 Å². The van der Waals surface area contributed by atoms with Crippen LogP contribution < -0.4 is 0 Å². The third-order valence-corrected chi connectivity index (χ3v) is 3.38. The molecule has 1 heterocycles. The molecule has 2 aromatic carbocycles. The average Bonchev–Trinajstić information content (AvgIpc) is 2.79. The van der Waals surface area contributed by atoms with E-state index >= 15 is 0 Å². The molecule has 0 bridgehead atoms. The minimum atomic E-state index is -0.562. The number of cyclic esters (lactones) is 1. The van der Waals surface area contributed by atoms with Gasteiger partial charge in [0.05, 0.1) is 16.1 Å². The van der Waals surface area contributed by atoms with Crippen molar-refractivity contribution in [3.8, 4) is 0 Å². The molecule has 0 radical (unpaired) electrons. The maximum absolute atomic E-state index is 11.8. The van der Waals surface area contributed by atoms with Crippen molar-refractivity contribution in [2.75, 3.05) is 0 Å². The molecule has 1 aliphatic heterocycles. The lowest BCUT2D eigenvalue weighted by Gasteiger charge is -2.05. The van der Waals surface area contributed by atoms with Crippen molar-refractivity contribution in [3.05, 3.63) is 80.9 Å². The van der Waals surface area contributed by atoms with E-state index in [4.69, 9.17) is 4.74 Å². The van der Waals surface area contributed by atoms with Crippen molar-refractivity contribution < 1.29 is 14.5 Å². The number of ether oxygens (including phenoxy) is 1. The lowest BCUT2D eigenvalue weighted by atomic mass is 10.0. The Hall–Kier alpha value is -2.95. The number of rotatable bonds is 2. The zero-order valence-electron chi connectivity index (χ0n) is 11.2. The van der Waals surface area contributed by atoms with Gasteiger partial charge in [0, 0.05) is 5.56 Å². The fraction of sp³-hybridized carbons (Fsp3) is 0.0625. The second-order valence-corrected chi connectivity index (χ2v) is 4.68. The van der Waals surface area contributed by atoms with E-state index in [-0.39, 0.29) is 11.5 Å². The van der Waals surface area contributed by atoms with E-state index in [1.807, 2.05) is 0 Å². The summed E-state index contributed by atoms with van der Waals surface area (Å²) in [5, 5.41) is 11.5. The standard InChI is InChI=1S/C16H11NO4/c1-10-6-2-3-7-11(10)14(17(19)20)15-12-8-4-5-9-13(12)16(18)21-15/h2-9H,1H3/b15-14+. The largest absolute Gasteiger partial charge is 0.415 e. The predicted molar refractivity (Wildman–Crippen MR) is 76.8 cm³/mol. The van der Waals surface area contributed by atoms with Gasteiger partial charge in [-0.05, 0) is 24.6 Å². The number of carbonyl (C=O) groups excluding carboxylic acids is 1. The quantitative estimate of drug-likeness (QED) is 0.481. The van der Waals surface area contributed by atoms with Crippen molar-refractivity contribution in [3.63, 3.8) is 0 Å². The van der Waals surface area contributed by atoms with Gasteiger partial charge in [0.15, 0.2) is 0 Å². The lowest BCUT2D eigenvalue weighted by molar-refractivity contribution is -0.375. The monoisotopic (exact) mass is 281 g/mol. The highest BCUT2D eigenvalue weighted by Gasteiger charge is 2.35. The van der Waals surface area contributed by atoms with Crippen LogP contribution in [0.15, 0.2) is 48.5 Å². The molecule has 0 N–H and O–H groups in total. The Morgan fingerprint density at radius 1 is 1.05 bits per heavy atom. The number of nitrogens with zero attached hydrogens (tertiary/aromatic N) is 1. The van der Waals surface area contributed by atoms with Crippen LogP contribution in [-0.4, -0.2) is 10.9 Å². The van der Waals surface area contributed by atoms with Crippen molar-refractivity contribution >= 4 is 17.4 Å². The second-order valence-electron chi connectivity index (χ2n) is 4.68. The van der Waals surface area contributed by atoms with Crippen molar-refractivity contribution in [2.45, 2.75) is 6.92 Å². The summed E-state index contributed by atoms with van der Waals surface area (Å²) >= 11 is 0. The first-order chi connectivity index (χ1) is 10.1. The molecular weight excluding hydrogens is 270 g/mol. The Morgan fingerprint density at radius 3 is 2.33 bits per heavy atom. The second kappa shape index (κ2) is 4.86. The highest BCUT2D eigenvalue weighted by Crippen LogP contribution is 2.36. The zero-order chi connectivity index (χ0) is 15.0. The summed E-state index contributed by atoms with van der Waals surface area (Å²) in [5.41, 5.74) is 1.81. The summed E-state index contributed by atoms with van der Waals surface area (Å²) in [4.78, 5) is 22.8. The van der Waals surface area contributed by atoms with Crippen molar-refractivity contribution in [1.82, 2.24) is 0 Å². The van der Waals surface area contributed by atoms with Gasteiger partial charge in [-0.15, -0.1) is 0 Å². The molecule has 0 saturated carbocycles. The van der Waals surface area contributed by atoms with E-state index in [1.165, 1.54) is 0 Å². The van der Waals surface area contributed by atoms with Crippen LogP contribution in [0.2, 0.25) is 0 Å². The Balaban J connectivity index is 2.31. The summed E-state index contributed by atoms with van der Waals surface area (Å²) in [6.45, 7) is 1.78. The van der Waals surface area contributed by atoms with Crippen molar-refractivity contribution in [2.24, 2.45) is 0 Å². The SMILES string of the molecule is Cc1ccccc1/C(=C1\OC(=O)c2ccccc21)[N+](=O)[O-]. The first-order valence-electron chi connectivity index (χ1n) is 6.36. The Bertz CT molecular complexity index is 792. The molecule has 104 valence electrons. The number of carbonyl (C=O) groups is 1. The summed E-state index contributed by atoms with van der Waals surface area (Å²) in [5.74, 6) is -0.552.